The van der Waals surface area contributed by atoms with Crippen LogP contribution in [0, 0.1) is 0 Å². The Morgan fingerprint density at radius 1 is 1.12 bits per heavy atom. The Morgan fingerprint density at radius 3 is 2.53 bits per heavy atom. The number of ether oxygens (including phenoxy) is 2. The number of fused-ring (bicyclic) bond motifs is 3. The molecule has 0 fully saturated rings. The van der Waals surface area contributed by atoms with Crippen LogP contribution >= 0.6 is 0 Å². The molecule has 0 saturated carbocycles. The number of aryl methyl sites for hydroxylation is 1. The average Bonchev–Trinajstić information content (AvgIpc) is 3.14. The normalized spacial score (nSPS) is 11.4. The van der Waals surface area contributed by atoms with Gasteiger partial charge in [-0.05, 0) is 37.7 Å². The van der Waals surface area contributed by atoms with E-state index in [2.05, 4.69) is 47.7 Å². The average molecular weight is 431 g/mol. The van der Waals surface area contributed by atoms with E-state index >= 15 is 0 Å². The van der Waals surface area contributed by atoms with Crippen LogP contribution in [0.3, 0.4) is 0 Å². The molecule has 0 aliphatic heterocycles. The van der Waals surface area contributed by atoms with Crippen LogP contribution in [0.15, 0.2) is 49.2 Å². The molecule has 0 radical (unpaired) electrons. The Hall–Kier alpha value is -3.38. The van der Waals surface area contributed by atoms with Crippen molar-refractivity contribution >= 4 is 27.4 Å². The minimum atomic E-state index is 0.570. The number of allylic oxidation sites excluding steroid dienone is 1. The van der Waals surface area contributed by atoms with Crippen molar-refractivity contribution in [3.8, 4) is 22.8 Å². The highest BCUT2D eigenvalue weighted by Crippen LogP contribution is 2.38. The second-order valence-corrected chi connectivity index (χ2v) is 8.20. The fourth-order valence-electron chi connectivity index (χ4n) is 3.82. The Morgan fingerprint density at radius 2 is 1.88 bits per heavy atom. The van der Waals surface area contributed by atoms with Crippen LogP contribution in [-0.2, 0) is 7.05 Å². The van der Waals surface area contributed by atoms with E-state index < -0.39 is 0 Å². The third-order valence-electron chi connectivity index (χ3n) is 5.76. The molecule has 0 atom stereocenters. The summed E-state index contributed by atoms with van der Waals surface area (Å²) in [5.74, 6) is 1.39. The standard InChI is InChI=1S/C26H30N4O2/c1-7-17(2)18-8-10-19(11-9-18)26-25-20-14-24(32-13-12-29(3)4)23(31-6)15-21(20)27-16-22(25)30(5)28-26/h8-11,14-16H,2,7,12-13H2,1,3-6H3. The summed E-state index contributed by atoms with van der Waals surface area (Å²) in [5.41, 5.74) is 6.08. The zero-order valence-corrected chi connectivity index (χ0v) is 19.5. The van der Waals surface area contributed by atoms with Gasteiger partial charge in [-0.25, -0.2) is 0 Å². The summed E-state index contributed by atoms with van der Waals surface area (Å²) in [6.45, 7) is 7.65. The number of hydrogen-bond acceptors (Lipinski definition) is 5. The van der Waals surface area contributed by atoms with Gasteiger partial charge in [0.25, 0.3) is 0 Å². The third kappa shape index (κ3) is 4.06. The molecule has 0 bridgehead atoms. The van der Waals surface area contributed by atoms with E-state index in [9.17, 15) is 0 Å². The Kier molecular flexibility index (Phi) is 6.15. The van der Waals surface area contributed by atoms with Crippen molar-refractivity contribution in [2.75, 3.05) is 34.4 Å². The van der Waals surface area contributed by atoms with Crippen molar-refractivity contribution in [1.29, 1.82) is 0 Å². The first-order valence-corrected chi connectivity index (χ1v) is 10.8. The lowest BCUT2D eigenvalue weighted by Crippen LogP contribution is -2.19. The minimum absolute atomic E-state index is 0.570. The number of hydrogen-bond donors (Lipinski definition) is 0. The predicted octanol–water partition coefficient (Wildman–Crippen LogP) is 5.16. The third-order valence-corrected chi connectivity index (χ3v) is 5.76. The highest BCUT2D eigenvalue weighted by atomic mass is 16.5. The summed E-state index contributed by atoms with van der Waals surface area (Å²) in [6.07, 6.45) is 2.80. The van der Waals surface area contributed by atoms with Crippen LogP contribution < -0.4 is 9.47 Å². The maximum absolute atomic E-state index is 6.07. The zero-order valence-electron chi connectivity index (χ0n) is 19.5. The van der Waals surface area contributed by atoms with Gasteiger partial charge in [-0.1, -0.05) is 37.8 Å². The summed E-state index contributed by atoms with van der Waals surface area (Å²) >= 11 is 0. The van der Waals surface area contributed by atoms with E-state index in [-0.39, 0.29) is 0 Å². The molecular weight excluding hydrogens is 400 g/mol. The summed E-state index contributed by atoms with van der Waals surface area (Å²) < 4.78 is 13.5. The molecule has 0 amide bonds. The maximum atomic E-state index is 6.07. The van der Waals surface area contributed by atoms with Gasteiger partial charge in [-0.15, -0.1) is 0 Å². The number of nitrogens with zero attached hydrogens (tertiary/aromatic N) is 4. The van der Waals surface area contributed by atoms with Gasteiger partial charge in [0.05, 0.1) is 24.3 Å². The Labute approximate surface area is 189 Å². The monoisotopic (exact) mass is 430 g/mol. The quantitative estimate of drug-likeness (QED) is 0.386. The zero-order chi connectivity index (χ0) is 22.8. The summed E-state index contributed by atoms with van der Waals surface area (Å²) in [4.78, 5) is 6.75. The summed E-state index contributed by atoms with van der Waals surface area (Å²) in [5, 5.41) is 6.89. The van der Waals surface area contributed by atoms with E-state index in [4.69, 9.17) is 14.6 Å². The molecular formula is C26H30N4O2. The van der Waals surface area contributed by atoms with Gasteiger partial charge in [0.1, 0.15) is 12.3 Å². The molecule has 166 valence electrons. The smallest absolute Gasteiger partial charge is 0.162 e. The van der Waals surface area contributed by atoms with Crippen molar-refractivity contribution in [2.45, 2.75) is 13.3 Å². The molecule has 2 aromatic heterocycles. The van der Waals surface area contributed by atoms with Crippen molar-refractivity contribution in [2.24, 2.45) is 7.05 Å². The molecule has 4 rings (SSSR count). The van der Waals surface area contributed by atoms with Crippen LogP contribution in [-0.4, -0.2) is 54.0 Å². The van der Waals surface area contributed by atoms with Crippen LogP contribution in [0.4, 0.5) is 0 Å². The molecule has 32 heavy (non-hydrogen) atoms. The number of pyridine rings is 1. The fraction of sp³-hybridized carbons (Fsp3) is 0.308. The molecule has 2 aromatic carbocycles. The molecule has 4 aromatic rings. The second kappa shape index (κ2) is 9.01. The van der Waals surface area contributed by atoms with Crippen molar-refractivity contribution in [1.82, 2.24) is 19.7 Å². The van der Waals surface area contributed by atoms with E-state index in [0.717, 1.165) is 57.2 Å². The van der Waals surface area contributed by atoms with Crippen LogP contribution in [0.25, 0.3) is 38.6 Å². The van der Waals surface area contributed by atoms with E-state index in [1.54, 1.807) is 7.11 Å². The minimum Gasteiger partial charge on any atom is -0.493 e. The van der Waals surface area contributed by atoms with Crippen molar-refractivity contribution in [3.63, 3.8) is 0 Å². The van der Waals surface area contributed by atoms with Crippen LogP contribution in [0.2, 0.25) is 0 Å². The van der Waals surface area contributed by atoms with Crippen molar-refractivity contribution < 1.29 is 9.47 Å². The lowest BCUT2D eigenvalue weighted by molar-refractivity contribution is 0.251. The number of methoxy groups -OCH3 is 1. The van der Waals surface area contributed by atoms with E-state index in [0.29, 0.717) is 18.1 Å². The molecule has 6 heteroatoms. The summed E-state index contributed by atoms with van der Waals surface area (Å²) in [6, 6.07) is 12.4. The molecule has 6 nitrogen and oxygen atoms in total. The topological polar surface area (TPSA) is 52.4 Å². The van der Waals surface area contributed by atoms with E-state index in [1.807, 2.05) is 44.2 Å². The van der Waals surface area contributed by atoms with Crippen molar-refractivity contribution in [3.05, 3.63) is 54.7 Å². The second-order valence-electron chi connectivity index (χ2n) is 8.20. The number of rotatable bonds is 8. The largest absolute Gasteiger partial charge is 0.493 e. The predicted molar refractivity (Wildman–Crippen MR) is 131 cm³/mol. The van der Waals surface area contributed by atoms with Crippen LogP contribution in [0.5, 0.6) is 11.5 Å². The summed E-state index contributed by atoms with van der Waals surface area (Å²) in [7, 11) is 7.65. The lowest BCUT2D eigenvalue weighted by atomic mass is 10.00. The molecule has 0 aliphatic carbocycles. The van der Waals surface area contributed by atoms with E-state index in [1.165, 1.54) is 0 Å². The van der Waals surface area contributed by atoms with Gasteiger partial charge < -0.3 is 14.4 Å². The lowest BCUT2D eigenvalue weighted by Gasteiger charge is -2.14. The SMILES string of the molecule is C=C(CC)c1ccc(-c2nn(C)c3cnc4cc(OC)c(OCCN(C)C)cc4c23)cc1. The van der Waals surface area contributed by atoms with Gasteiger partial charge in [0, 0.05) is 36.0 Å². The first-order chi connectivity index (χ1) is 15.4. The number of benzene rings is 2. The Balaban J connectivity index is 1.87. The molecule has 2 heterocycles. The highest BCUT2D eigenvalue weighted by molar-refractivity contribution is 6.11. The first-order valence-electron chi connectivity index (χ1n) is 10.8. The Bertz CT molecular complexity index is 1270. The molecule has 0 aliphatic rings. The van der Waals surface area contributed by atoms with Gasteiger partial charge in [0.15, 0.2) is 11.5 Å². The van der Waals surface area contributed by atoms with Gasteiger partial charge >= 0.3 is 0 Å². The molecule has 0 unspecified atom stereocenters. The van der Waals surface area contributed by atoms with Gasteiger partial charge in [0.2, 0.25) is 0 Å². The molecule has 0 spiro atoms. The maximum Gasteiger partial charge on any atom is 0.162 e. The highest BCUT2D eigenvalue weighted by Gasteiger charge is 2.17. The van der Waals surface area contributed by atoms with Gasteiger partial charge in [-0.3, -0.25) is 9.67 Å². The molecule has 0 N–H and O–H groups in total. The number of likely N-dealkylation sites (N-methyl/N-ethyl adjacent to an activating group) is 1. The number of aromatic nitrogens is 3. The van der Waals surface area contributed by atoms with Crippen LogP contribution in [0.1, 0.15) is 18.9 Å². The van der Waals surface area contributed by atoms with Gasteiger partial charge in [-0.2, -0.15) is 5.10 Å². The first kappa shape index (κ1) is 21.8. The molecule has 0 saturated heterocycles. The fourth-order valence-corrected chi connectivity index (χ4v) is 3.82.